The zero-order chi connectivity index (χ0) is 19.7. The molecule has 0 aliphatic carbocycles. The number of piperidine rings is 1. The van der Waals surface area contributed by atoms with Crippen molar-refractivity contribution in [2.24, 2.45) is 0 Å². The van der Waals surface area contributed by atoms with Gasteiger partial charge in [-0.05, 0) is 24.3 Å². The number of hydrogen-bond acceptors (Lipinski definition) is 4. The van der Waals surface area contributed by atoms with Gasteiger partial charge in [-0.25, -0.2) is 13.8 Å². The lowest BCUT2D eigenvalue weighted by atomic mass is 10.0. The fourth-order valence-corrected chi connectivity index (χ4v) is 3.30. The molecular weight excluding hydrogens is 364 g/mol. The molecule has 0 bridgehead atoms. The zero-order valence-electron chi connectivity index (χ0n) is 15.0. The maximum atomic E-state index is 14.5. The number of ether oxygens (including phenoxy) is 1. The lowest BCUT2D eigenvalue weighted by molar-refractivity contribution is -0.131. The molecule has 1 unspecified atom stereocenters. The summed E-state index contributed by atoms with van der Waals surface area (Å²) >= 11 is 0. The number of nitrogens with zero attached hydrogens (tertiary/aromatic N) is 2. The highest BCUT2D eigenvalue weighted by molar-refractivity contribution is 5.99. The van der Waals surface area contributed by atoms with Crippen molar-refractivity contribution in [3.05, 3.63) is 66.2 Å². The molecule has 144 valence electrons. The van der Waals surface area contributed by atoms with Crippen molar-refractivity contribution in [1.29, 1.82) is 0 Å². The number of fused-ring (bicyclic) bond motifs is 1. The van der Waals surface area contributed by atoms with E-state index >= 15 is 0 Å². The smallest absolute Gasteiger partial charge is 0.287 e. The number of pyridine rings is 1. The van der Waals surface area contributed by atoms with Crippen LogP contribution in [0.4, 0.5) is 14.5 Å². The molecular formula is C21H19F2N3O2. The Hall–Kier alpha value is -3.22. The Morgan fingerprint density at radius 1 is 1.11 bits per heavy atom. The molecule has 1 aliphatic heterocycles. The molecule has 2 aromatic carbocycles. The monoisotopic (exact) mass is 383 g/mol. The quantitative estimate of drug-likeness (QED) is 0.700. The Morgan fingerprint density at radius 3 is 2.68 bits per heavy atom. The SMILES string of the molecule is Nc1ccccc1C(=O)N1CCC(F)(F)C(Oc2ccc3ccccc3n2)C1. The number of carbonyl (C=O) groups is 1. The van der Waals surface area contributed by atoms with E-state index in [1.54, 1.807) is 42.5 Å². The topological polar surface area (TPSA) is 68.5 Å². The number of halogens is 2. The van der Waals surface area contributed by atoms with Crippen LogP contribution in [-0.2, 0) is 0 Å². The number of likely N-dealkylation sites (tertiary alicyclic amines) is 1. The number of anilines is 1. The minimum atomic E-state index is -3.06. The molecule has 4 rings (SSSR count). The summed E-state index contributed by atoms with van der Waals surface area (Å²) in [7, 11) is 0. The molecule has 1 aliphatic rings. The number of nitrogen functional groups attached to an aromatic ring is 1. The van der Waals surface area contributed by atoms with E-state index in [9.17, 15) is 13.6 Å². The van der Waals surface area contributed by atoms with Crippen molar-refractivity contribution in [2.75, 3.05) is 18.8 Å². The predicted octanol–water partition coefficient (Wildman–Crippen LogP) is 3.75. The van der Waals surface area contributed by atoms with E-state index in [2.05, 4.69) is 4.98 Å². The molecule has 28 heavy (non-hydrogen) atoms. The molecule has 3 aromatic rings. The number of rotatable bonds is 3. The minimum absolute atomic E-state index is 0.0643. The van der Waals surface area contributed by atoms with Gasteiger partial charge < -0.3 is 15.4 Å². The Balaban J connectivity index is 1.56. The highest BCUT2D eigenvalue weighted by Gasteiger charge is 2.47. The third-order valence-electron chi connectivity index (χ3n) is 4.89. The average Bonchev–Trinajstić information content (AvgIpc) is 2.69. The fraction of sp³-hybridized carbons (Fsp3) is 0.238. The molecule has 5 nitrogen and oxygen atoms in total. The van der Waals surface area contributed by atoms with Gasteiger partial charge in [0.15, 0.2) is 6.10 Å². The number of aromatic nitrogens is 1. The molecule has 0 saturated carbocycles. The van der Waals surface area contributed by atoms with Crippen LogP contribution in [0.1, 0.15) is 16.8 Å². The Bertz CT molecular complexity index is 1030. The van der Waals surface area contributed by atoms with Crippen LogP contribution in [-0.4, -0.2) is 40.9 Å². The van der Waals surface area contributed by atoms with Crippen molar-refractivity contribution >= 4 is 22.5 Å². The van der Waals surface area contributed by atoms with E-state index in [0.29, 0.717) is 16.8 Å². The van der Waals surface area contributed by atoms with Gasteiger partial charge in [0.25, 0.3) is 11.8 Å². The molecule has 2 N–H and O–H groups in total. The van der Waals surface area contributed by atoms with Gasteiger partial charge in [-0.1, -0.05) is 30.3 Å². The highest BCUT2D eigenvalue weighted by Crippen LogP contribution is 2.32. The first-order valence-corrected chi connectivity index (χ1v) is 8.98. The van der Waals surface area contributed by atoms with Crippen LogP contribution in [0.3, 0.4) is 0 Å². The van der Waals surface area contributed by atoms with Gasteiger partial charge in [0.2, 0.25) is 5.88 Å². The summed E-state index contributed by atoms with van der Waals surface area (Å²) in [6, 6.07) is 17.3. The summed E-state index contributed by atoms with van der Waals surface area (Å²) in [5, 5.41) is 0.890. The van der Waals surface area contributed by atoms with Crippen LogP contribution in [0.5, 0.6) is 5.88 Å². The lowest BCUT2D eigenvalue weighted by Crippen LogP contribution is -2.55. The summed E-state index contributed by atoms with van der Waals surface area (Å²) in [6.45, 7) is -0.306. The second-order valence-corrected chi connectivity index (χ2v) is 6.80. The van der Waals surface area contributed by atoms with Gasteiger partial charge >= 0.3 is 0 Å². The van der Waals surface area contributed by atoms with Crippen molar-refractivity contribution in [1.82, 2.24) is 9.88 Å². The fourth-order valence-electron chi connectivity index (χ4n) is 3.30. The third kappa shape index (κ3) is 3.47. The van der Waals surface area contributed by atoms with Crippen LogP contribution in [0, 0.1) is 0 Å². The molecule has 7 heteroatoms. The molecule has 1 fully saturated rings. The highest BCUT2D eigenvalue weighted by atomic mass is 19.3. The minimum Gasteiger partial charge on any atom is -0.466 e. The standard InChI is InChI=1S/C21H19F2N3O2/c22-21(23)11-12-26(20(27)15-6-2-3-7-16(15)24)13-18(21)28-19-10-9-14-5-1-4-8-17(14)25-19/h1-10,18H,11-13,24H2. The zero-order valence-corrected chi connectivity index (χ0v) is 15.0. The van der Waals surface area contributed by atoms with Crippen LogP contribution in [0.25, 0.3) is 10.9 Å². The maximum Gasteiger partial charge on any atom is 0.287 e. The molecule has 2 heterocycles. The largest absolute Gasteiger partial charge is 0.466 e. The Kier molecular flexibility index (Phi) is 4.58. The number of benzene rings is 2. The van der Waals surface area contributed by atoms with Gasteiger partial charge in [0, 0.05) is 30.1 Å². The molecule has 1 atom stereocenters. The van der Waals surface area contributed by atoms with E-state index in [4.69, 9.17) is 10.5 Å². The average molecular weight is 383 g/mol. The summed E-state index contributed by atoms with van der Waals surface area (Å²) in [5.74, 6) is -3.34. The normalized spacial score (nSPS) is 18.8. The predicted molar refractivity (Wildman–Crippen MR) is 102 cm³/mol. The number of hydrogen-bond donors (Lipinski definition) is 1. The Morgan fingerprint density at radius 2 is 1.86 bits per heavy atom. The van der Waals surface area contributed by atoms with Crippen LogP contribution in [0.2, 0.25) is 0 Å². The molecule has 0 radical (unpaired) electrons. The maximum absolute atomic E-state index is 14.5. The van der Waals surface area contributed by atoms with E-state index in [0.717, 1.165) is 5.39 Å². The number of para-hydroxylation sites is 2. The van der Waals surface area contributed by atoms with Crippen molar-refractivity contribution in [2.45, 2.75) is 18.4 Å². The molecule has 0 spiro atoms. The van der Waals surface area contributed by atoms with Crippen LogP contribution < -0.4 is 10.5 Å². The summed E-state index contributed by atoms with van der Waals surface area (Å²) < 4.78 is 34.5. The lowest BCUT2D eigenvalue weighted by Gasteiger charge is -2.38. The summed E-state index contributed by atoms with van der Waals surface area (Å²) in [4.78, 5) is 18.4. The number of amides is 1. The van der Waals surface area contributed by atoms with Crippen molar-refractivity contribution in [3.8, 4) is 5.88 Å². The van der Waals surface area contributed by atoms with Gasteiger partial charge in [-0.2, -0.15) is 0 Å². The number of alkyl halides is 2. The van der Waals surface area contributed by atoms with Crippen LogP contribution >= 0.6 is 0 Å². The third-order valence-corrected chi connectivity index (χ3v) is 4.89. The second-order valence-electron chi connectivity index (χ2n) is 6.80. The first kappa shape index (κ1) is 18.2. The molecule has 1 saturated heterocycles. The molecule has 1 aromatic heterocycles. The van der Waals surface area contributed by atoms with E-state index in [1.807, 2.05) is 18.2 Å². The van der Waals surface area contributed by atoms with Gasteiger partial charge in [0.1, 0.15) is 0 Å². The second kappa shape index (κ2) is 7.07. The van der Waals surface area contributed by atoms with E-state index < -0.39 is 18.4 Å². The van der Waals surface area contributed by atoms with Crippen molar-refractivity contribution < 1.29 is 18.3 Å². The van der Waals surface area contributed by atoms with Gasteiger partial charge in [-0.15, -0.1) is 0 Å². The first-order chi connectivity index (χ1) is 13.4. The van der Waals surface area contributed by atoms with Crippen LogP contribution in [0.15, 0.2) is 60.7 Å². The summed E-state index contributed by atoms with van der Waals surface area (Å²) in [6.07, 6.45) is -1.97. The number of carbonyl (C=O) groups excluding carboxylic acids is 1. The van der Waals surface area contributed by atoms with Crippen molar-refractivity contribution in [3.63, 3.8) is 0 Å². The van der Waals surface area contributed by atoms with Gasteiger partial charge in [0.05, 0.1) is 17.6 Å². The van der Waals surface area contributed by atoms with Gasteiger partial charge in [-0.3, -0.25) is 4.79 Å². The van der Waals surface area contributed by atoms with E-state index in [1.165, 1.54) is 4.90 Å². The molecule has 1 amide bonds. The number of nitrogens with two attached hydrogens (primary N) is 1. The Labute approximate surface area is 160 Å². The van der Waals surface area contributed by atoms with E-state index in [-0.39, 0.29) is 24.9 Å². The summed E-state index contributed by atoms with van der Waals surface area (Å²) in [5.41, 5.74) is 7.13. The first-order valence-electron chi connectivity index (χ1n) is 8.98.